The second-order valence-electron chi connectivity index (χ2n) is 7.58. The monoisotopic (exact) mass is 357 g/mol. The number of carbonyl (C=O) groups excluding carboxylic acids is 1. The fraction of sp³-hybridized carbons (Fsp3) is 0.500. The van der Waals surface area contributed by atoms with Crippen molar-refractivity contribution in [2.75, 3.05) is 31.1 Å². The Morgan fingerprint density at radius 1 is 1.12 bits per heavy atom. The Hall–Kier alpha value is -1.88. The van der Waals surface area contributed by atoms with Crippen LogP contribution in [0.5, 0.6) is 0 Å². The molecule has 1 fully saturated rings. The van der Waals surface area contributed by atoms with Gasteiger partial charge in [-0.3, -0.25) is 4.79 Å². The molecule has 1 aliphatic rings. The number of aromatic nitrogens is 1. The number of para-hydroxylation sites is 1. The summed E-state index contributed by atoms with van der Waals surface area (Å²) in [4.78, 5) is 21.5. The molecule has 5 heteroatoms. The molecule has 0 N–H and O–H groups in total. The van der Waals surface area contributed by atoms with Gasteiger partial charge in [-0.2, -0.15) is 0 Å². The van der Waals surface area contributed by atoms with Gasteiger partial charge in [0.1, 0.15) is 0 Å². The van der Waals surface area contributed by atoms with Gasteiger partial charge in [0.15, 0.2) is 0 Å². The van der Waals surface area contributed by atoms with Crippen molar-refractivity contribution in [3.63, 3.8) is 0 Å². The summed E-state index contributed by atoms with van der Waals surface area (Å²) in [5.41, 5.74) is 2.44. The summed E-state index contributed by atoms with van der Waals surface area (Å²) in [6.45, 7) is 9.93. The van der Waals surface area contributed by atoms with E-state index < -0.39 is 0 Å². The fourth-order valence-electron chi connectivity index (χ4n) is 3.00. The van der Waals surface area contributed by atoms with Crippen LogP contribution in [-0.4, -0.2) is 42.0 Å². The molecule has 3 rings (SSSR count). The minimum absolute atomic E-state index is 0.0759. The van der Waals surface area contributed by atoms with E-state index in [1.807, 2.05) is 11.0 Å². The summed E-state index contributed by atoms with van der Waals surface area (Å²) in [6.07, 6.45) is 1.31. The first-order chi connectivity index (χ1) is 11.9. The SMILES string of the molecule is CC(C)(C)c1csc(CCC(=O)N2CCN(c3ccccc3)CC2)n1. The molecule has 2 aromatic rings. The van der Waals surface area contributed by atoms with Crippen LogP contribution in [0.4, 0.5) is 5.69 Å². The Morgan fingerprint density at radius 2 is 1.80 bits per heavy atom. The molecule has 0 atom stereocenters. The molecule has 4 nitrogen and oxygen atoms in total. The maximum atomic E-state index is 12.5. The van der Waals surface area contributed by atoms with Gasteiger partial charge in [-0.05, 0) is 12.1 Å². The van der Waals surface area contributed by atoms with Crippen molar-refractivity contribution < 1.29 is 4.79 Å². The summed E-state index contributed by atoms with van der Waals surface area (Å²) in [6, 6.07) is 10.4. The molecule has 1 saturated heterocycles. The largest absolute Gasteiger partial charge is 0.368 e. The molecule has 1 aromatic carbocycles. The van der Waals surface area contributed by atoms with Crippen LogP contribution in [0.1, 0.15) is 37.9 Å². The van der Waals surface area contributed by atoms with E-state index in [0.29, 0.717) is 6.42 Å². The van der Waals surface area contributed by atoms with Crippen LogP contribution in [0, 0.1) is 0 Å². The molecule has 0 spiro atoms. The lowest BCUT2D eigenvalue weighted by Crippen LogP contribution is -2.48. The van der Waals surface area contributed by atoms with Crippen LogP contribution >= 0.6 is 11.3 Å². The molecule has 25 heavy (non-hydrogen) atoms. The van der Waals surface area contributed by atoms with E-state index in [1.54, 1.807) is 11.3 Å². The van der Waals surface area contributed by atoms with Crippen molar-refractivity contribution in [2.24, 2.45) is 0 Å². The van der Waals surface area contributed by atoms with Crippen molar-refractivity contribution in [2.45, 2.75) is 39.0 Å². The molecule has 1 aliphatic heterocycles. The first-order valence-corrected chi connectivity index (χ1v) is 9.84. The number of benzene rings is 1. The highest BCUT2D eigenvalue weighted by Crippen LogP contribution is 2.24. The zero-order chi connectivity index (χ0) is 17.9. The molecule has 0 bridgehead atoms. The normalized spacial score (nSPS) is 15.5. The molecule has 0 saturated carbocycles. The van der Waals surface area contributed by atoms with Crippen LogP contribution < -0.4 is 4.90 Å². The number of aryl methyl sites for hydroxylation is 1. The fourth-order valence-corrected chi connectivity index (χ4v) is 4.02. The predicted molar refractivity (Wildman–Crippen MR) is 104 cm³/mol. The van der Waals surface area contributed by atoms with Gasteiger partial charge in [-0.1, -0.05) is 39.0 Å². The van der Waals surface area contributed by atoms with Gasteiger partial charge in [0.05, 0.1) is 10.7 Å². The Bertz CT molecular complexity index is 697. The third-order valence-corrected chi connectivity index (χ3v) is 5.54. The third-order valence-electron chi connectivity index (χ3n) is 4.63. The van der Waals surface area contributed by atoms with Crippen LogP contribution in [-0.2, 0) is 16.6 Å². The van der Waals surface area contributed by atoms with Crippen molar-refractivity contribution >= 4 is 22.9 Å². The number of amides is 1. The van der Waals surface area contributed by atoms with Gasteiger partial charge in [0.25, 0.3) is 0 Å². The quantitative estimate of drug-likeness (QED) is 0.837. The maximum absolute atomic E-state index is 12.5. The molecule has 2 heterocycles. The highest BCUT2D eigenvalue weighted by molar-refractivity contribution is 7.09. The van der Waals surface area contributed by atoms with Gasteiger partial charge >= 0.3 is 0 Å². The summed E-state index contributed by atoms with van der Waals surface area (Å²) in [5, 5.41) is 3.19. The van der Waals surface area contributed by atoms with Crippen LogP contribution in [0.15, 0.2) is 35.7 Å². The maximum Gasteiger partial charge on any atom is 0.223 e. The molecule has 134 valence electrons. The molecule has 0 radical (unpaired) electrons. The first-order valence-electron chi connectivity index (χ1n) is 8.96. The Morgan fingerprint density at radius 3 is 2.40 bits per heavy atom. The Balaban J connectivity index is 1.47. The Labute approximate surface area is 154 Å². The Kier molecular flexibility index (Phi) is 5.42. The number of piperazine rings is 1. The summed E-state index contributed by atoms with van der Waals surface area (Å²) in [5.74, 6) is 0.250. The minimum Gasteiger partial charge on any atom is -0.368 e. The molecule has 1 amide bonds. The summed E-state index contributed by atoms with van der Waals surface area (Å²) < 4.78 is 0. The topological polar surface area (TPSA) is 36.4 Å². The van der Waals surface area contributed by atoms with Gasteiger partial charge < -0.3 is 9.80 Å². The van der Waals surface area contributed by atoms with E-state index in [9.17, 15) is 4.79 Å². The van der Waals surface area contributed by atoms with Crippen LogP contribution in [0.2, 0.25) is 0 Å². The van der Waals surface area contributed by atoms with E-state index in [-0.39, 0.29) is 11.3 Å². The van der Waals surface area contributed by atoms with Crippen LogP contribution in [0.3, 0.4) is 0 Å². The van der Waals surface area contributed by atoms with E-state index in [4.69, 9.17) is 0 Å². The number of anilines is 1. The third kappa shape index (κ3) is 4.60. The zero-order valence-corrected chi connectivity index (χ0v) is 16.2. The number of thiazole rings is 1. The highest BCUT2D eigenvalue weighted by atomic mass is 32.1. The standard InChI is InChI=1S/C20H27N3OS/c1-20(2,3)17-15-25-18(21-17)9-10-19(24)23-13-11-22(12-14-23)16-7-5-4-6-8-16/h4-8,15H,9-14H2,1-3H3. The summed E-state index contributed by atoms with van der Waals surface area (Å²) >= 11 is 1.67. The van der Waals surface area contributed by atoms with Gasteiger partial charge in [-0.25, -0.2) is 4.98 Å². The molecule has 0 unspecified atom stereocenters. The zero-order valence-electron chi connectivity index (χ0n) is 15.4. The molecule has 0 aliphatic carbocycles. The van der Waals surface area contributed by atoms with Crippen molar-refractivity contribution in [1.29, 1.82) is 0 Å². The van der Waals surface area contributed by atoms with Crippen molar-refractivity contribution in [3.05, 3.63) is 46.4 Å². The first kappa shape index (κ1) is 17.9. The van der Waals surface area contributed by atoms with E-state index >= 15 is 0 Å². The lowest BCUT2D eigenvalue weighted by atomic mass is 9.93. The minimum atomic E-state index is 0.0759. The average molecular weight is 358 g/mol. The van der Waals surface area contributed by atoms with Crippen LogP contribution in [0.25, 0.3) is 0 Å². The summed E-state index contributed by atoms with van der Waals surface area (Å²) in [7, 11) is 0. The van der Waals surface area contributed by atoms with E-state index in [2.05, 4.69) is 60.3 Å². The second kappa shape index (κ2) is 7.56. The van der Waals surface area contributed by atoms with Gasteiger partial charge in [-0.15, -0.1) is 11.3 Å². The number of nitrogens with zero attached hydrogens (tertiary/aromatic N) is 3. The predicted octanol–water partition coefficient (Wildman–Crippen LogP) is 3.72. The van der Waals surface area contributed by atoms with Gasteiger partial charge in [0.2, 0.25) is 5.91 Å². The number of carbonyl (C=O) groups is 1. The molecular formula is C20H27N3OS. The number of rotatable bonds is 4. The van der Waals surface area contributed by atoms with Gasteiger partial charge in [0, 0.05) is 55.5 Å². The smallest absolute Gasteiger partial charge is 0.223 e. The number of hydrogen-bond donors (Lipinski definition) is 0. The lowest BCUT2D eigenvalue weighted by molar-refractivity contribution is -0.131. The van der Waals surface area contributed by atoms with E-state index in [1.165, 1.54) is 5.69 Å². The lowest BCUT2D eigenvalue weighted by Gasteiger charge is -2.36. The van der Waals surface area contributed by atoms with Crippen molar-refractivity contribution in [3.8, 4) is 0 Å². The average Bonchev–Trinajstić information content (AvgIpc) is 3.10. The molecule has 1 aromatic heterocycles. The van der Waals surface area contributed by atoms with Crippen molar-refractivity contribution in [1.82, 2.24) is 9.88 Å². The van der Waals surface area contributed by atoms with E-state index in [0.717, 1.165) is 43.3 Å². The highest BCUT2D eigenvalue weighted by Gasteiger charge is 2.22. The molecular weight excluding hydrogens is 330 g/mol. The second-order valence-corrected chi connectivity index (χ2v) is 8.52. The number of hydrogen-bond acceptors (Lipinski definition) is 4.